The summed E-state index contributed by atoms with van der Waals surface area (Å²) in [5.74, 6) is -0.104. The van der Waals surface area contributed by atoms with Gasteiger partial charge in [-0.2, -0.15) is 0 Å². The zero-order valence-electron chi connectivity index (χ0n) is 12.4. The lowest BCUT2D eigenvalue weighted by Gasteiger charge is -2.16. The van der Waals surface area contributed by atoms with Gasteiger partial charge in [0.15, 0.2) is 0 Å². The first-order chi connectivity index (χ1) is 9.99. The highest BCUT2D eigenvalue weighted by Crippen LogP contribution is 2.22. The maximum Gasteiger partial charge on any atom is 0.251 e. The van der Waals surface area contributed by atoms with Crippen LogP contribution in [0.2, 0.25) is 5.02 Å². The number of nitrogens with zero attached hydrogens (tertiary/aromatic N) is 1. The van der Waals surface area contributed by atoms with E-state index in [1.165, 1.54) is 0 Å². The van der Waals surface area contributed by atoms with Gasteiger partial charge in [-0.25, -0.2) is 0 Å². The van der Waals surface area contributed by atoms with E-state index in [4.69, 9.17) is 11.6 Å². The molecule has 3 nitrogen and oxygen atoms in total. The van der Waals surface area contributed by atoms with Gasteiger partial charge < -0.3 is 10.2 Å². The van der Waals surface area contributed by atoms with Crippen molar-refractivity contribution in [2.24, 2.45) is 0 Å². The molecular formula is C17H19ClN2O. The van der Waals surface area contributed by atoms with Crippen molar-refractivity contribution < 1.29 is 4.79 Å². The molecule has 0 aliphatic carbocycles. The van der Waals surface area contributed by atoms with Gasteiger partial charge in [0.1, 0.15) is 0 Å². The predicted octanol–water partition coefficient (Wildman–Crippen LogP) is 3.90. The van der Waals surface area contributed by atoms with Gasteiger partial charge in [0.2, 0.25) is 0 Å². The number of nitrogens with one attached hydrogen (secondary N) is 1. The Bertz CT molecular complexity index is 623. The van der Waals surface area contributed by atoms with Crippen LogP contribution in [0, 0.1) is 0 Å². The van der Waals surface area contributed by atoms with Crippen molar-refractivity contribution in [1.82, 2.24) is 5.32 Å². The molecule has 0 saturated carbocycles. The Morgan fingerprint density at radius 3 is 2.29 bits per heavy atom. The summed E-state index contributed by atoms with van der Waals surface area (Å²) < 4.78 is 0. The fraction of sp³-hybridized carbons (Fsp3) is 0.235. The number of rotatable bonds is 4. The maximum atomic E-state index is 12.3. The molecule has 0 saturated heterocycles. The van der Waals surface area contributed by atoms with Crippen LogP contribution in [0.1, 0.15) is 28.9 Å². The van der Waals surface area contributed by atoms with Gasteiger partial charge >= 0.3 is 0 Å². The van der Waals surface area contributed by atoms with Crippen LogP contribution in [0.25, 0.3) is 0 Å². The van der Waals surface area contributed by atoms with E-state index in [0.29, 0.717) is 10.6 Å². The molecule has 0 aliphatic rings. The molecule has 0 heterocycles. The molecule has 2 aromatic carbocycles. The standard InChI is InChI=1S/C17H19ClN2O/c1-12(15-6-4-5-7-16(15)18)19-17(21)13-8-10-14(11-9-13)20(2)3/h4-12H,1-3H3,(H,19,21). The first-order valence-corrected chi connectivity index (χ1v) is 7.19. The van der Waals surface area contributed by atoms with E-state index < -0.39 is 0 Å². The number of carbonyl (C=O) groups is 1. The first-order valence-electron chi connectivity index (χ1n) is 6.81. The number of benzene rings is 2. The lowest BCUT2D eigenvalue weighted by molar-refractivity contribution is 0.0940. The van der Waals surface area contributed by atoms with Crippen LogP contribution in [-0.2, 0) is 0 Å². The highest BCUT2D eigenvalue weighted by molar-refractivity contribution is 6.31. The molecule has 0 aromatic heterocycles. The second-order valence-electron chi connectivity index (χ2n) is 5.16. The van der Waals surface area contributed by atoms with E-state index >= 15 is 0 Å². The largest absolute Gasteiger partial charge is 0.378 e. The van der Waals surface area contributed by atoms with Gasteiger partial charge in [-0.15, -0.1) is 0 Å². The normalized spacial score (nSPS) is 11.8. The quantitative estimate of drug-likeness (QED) is 0.929. The monoisotopic (exact) mass is 302 g/mol. The fourth-order valence-corrected chi connectivity index (χ4v) is 2.39. The third-order valence-corrected chi connectivity index (χ3v) is 3.71. The Morgan fingerprint density at radius 1 is 1.10 bits per heavy atom. The van der Waals surface area contributed by atoms with E-state index in [2.05, 4.69) is 5.32 Å². The van der Waals surface area contributed by atoms with Crippen molar-refractivity contribution >= 4 is 23.2 Å². The topological polar surface area (TPSA) is 32.3 Å². The Hall–Kier alpha value is -2.00. The highest BCUT2D eigenvalue weighted by atomic mass is 35.5. The lowest BCUT2D eigenvalue weighted by atomic mass is 10.1. The van der Waals surface area contributed by atoms with Gasteiger partial charge in [-0.1, -0.05) is 29.8 Å². The molecule has 110 valence electrons. The molecule has 2 rings (SSSR count). The molecule has 1 atom stereocenters. The second kappa shape index (κ2) is 6.64. The average Bonchev–Trinajstić information content (AvgIpc) is 2.47. The van der Waals surface area contributed by atoms with Gasteiger partial charge in [0.05, 0.1) is 6.04 Å². The molecule has 0 aliphatic heterocycles. The molecule has 0 fully saturated rings. The minimum atomic E-state index is -0.139. The van der Waals surface area contributed by atoms with Gasteiger partial charge in [-0.05, 0) is 42.8 Å². The third-order valence-electron chi connectivity index (χ3n) is 3.37. The van der Waals surface area contributed by atoms with Crippen LogP contribution in [0.15, 0.2) is 48.5 Å². The first kappa shape index (κ1) is 15.4. The van der Waals surface area contributed by atoms with Crippen molar-refractivity contribution in [3.63, 3.8) is 0 Å². The van der Waals surface area contributed by atoms with E-state index in [1.807, 2.05) is 74.4 Å². The van der Waals surface area contributed by atoms with Crippen LogP contribution in [-0.4, -0.2) is 20.0 Å². The van der Waals surface area contributed by atoms with Gasteiger partial charge in [0, 0.05) is 30.4 Å². The van der Waals surface area contributed by atoms with Crippen LogP contribution in [0.4, 0.5) is 5.69 Å². The van der Waals surface area contributed by atoms with Crippen LogP contribution < -0.4 is 10.2 Å². The number of amides is 1. The van der Waals surface area contributed by atoms with Gasteiger partial charge in [0.25, 0.3) is 5.91 Å². The maximum absolute atomic E-state index is 12.3. The summed E-state index contributed by atoms with van der Waals surface area (Å²) >= 11 is 6.15. The minimum absolute atomic E-state index is 0.104. The van der Waals surface area contributed by atoms with Crippen molar-refractivity contribution in [3.05, 3.63) is 64.7 Å². The lowest BCUT2D eigenvalue weighted by Crippen LogP contribution is -2.26. The summed E-state index contributed by atoms with van der Waals surface area (Å²) in [4.78, 5) is 14.2. The second-order valence-corrected chi connectivity index (χ2v) is 5.57. The van der Waals surface area contributed by atoms with Crippen LogP contribution >= 0.6 is 11.6 Å². The van der Waals surface area contributed by atoms with E-state index in [-0.39, 0.29) is 11.9 Å². The Kier molecular flexibility index (Phi) is 4.86. The molecule has 0 radical (unpaired) electrons. The van der Waals surface area contributed by atoms with E-state index in [1.54, 1.807) is 0 Å². The minimum Gasteiger partial charge on any atom is -0.378 e. The molecule has 0 spiro atoms. The molecule has 2 aromatic rings. The molecule has 1 amide bonds. The summed E-state index contributed by atoms with van der Waals surface area (Å²) in [6, 6.07) is 14.9. The van der Waals surface area contributed by atoms with Gasteiger partial charge in [-0.3, -0.25) is 4.79 Å². The average molecular weight is 303 g/mol. The molecular weight excluding hydrogens is 284 g/mol. The smallest absolute Gasteiger partial charge is 0.251 e. The summed E-state index contributed by atoms with van der Waals surface area (Å²) in [6.45, 7) is 1.92. The molecule has 1 unspecified atom stereocenters. The number of anilines is 1. The van der Waals surface area contributed by atoms with Crippen molar-refractivity contribution in [2.45, 2.75) is 13.0 Å². The van der Waals surface area contributed by atoms with Crippen LogP contribution in [0.3, 0.4) is 0 Å². The summed E-state index contributed by atoms with van der Waals surface area (Å²) in [5, 5.41) is 3.63. The molecule has 21 heavy (non-hydrogen) atoms. The summed E-state index contributed by atoms with van der Waals surface area (Å²) in [5.41, 5.74) is 2.61. The summed E-state index contributed by atoms with van der Waals surface area (Å²) in [6.07, 6.45) is 0. The fourth-order valence-electron chi connectivity index (χ4n) is 2.09. The highest BCUT2D eigenvalue weighted by Gasteiger charge is 2.13. The number of hydrogen-bond acceptors (Lipinski definition) is 2. The van der Waals surface area contributed by atoms with E-state index in [0.717, 1.165) is 11.3 Å². The predicted molar refractivity (Wildman–Crippen MR) is 88.1 cm³/mol. The number of hydrogen-bond donors (Lipinski definition) is 1. The zero-order valence-corrected chi connectivity index (χ0v) is 13.2. The molecule has 1 N–H and O–H groups in total. The molecule has 0 bridgehead atoms. The van der Waals surface area contributed by atoms with E-state index in [9.17, 15) is 4.79 Å². The number of carbonyl (C=O) groups excluding carboxylic acids is 1. The Balaban J connectivity index is 2.09. The van der Waals surface area contributed by atoms with Crippen molar-refractivity contribution in [1.29, 1.82) is 0 Å². The molecule has 4 heteroatoms. The zero-order chi connectivity index (χ0) is 15.4. The Labute approximate surface area is 130 Å². The van der Waals surface area contributed by atoms with Crippen molar-refractivity contribution in [2.75, 3.05) is 19.0 Å². The summed E-state index contributed by atoms with van der Waals surface area (Å²) in [7, 11) is 3.93. The number of halogens is 1. The van der Waals surface area contributed by atoms with Crippen molar-refractivity contribution in [3.8, 4) is 0 Å². The third kappa shape index (κ3) is 3.76. The Morgan fingerprint density at radius 2 is 1.71 bits per heavy atom. The SMILES string of the molecule is CC(NC(=O)c1ccc(N(C)C)cc1)c1ccccc1Cl. The van der Waals surface area contributed by atoms with Crippen LogP contribution in [0.5, 0.6) is 0 Å².